The predicted octanol–water partition coefficient (Wildman–Crippen LogP) is 4.74. The van der Waals surface area contributed by atoms with E-state index in [-0.39, 0.29) is 35.4 Å². The van der Waals surface area contributed by atoms with Crippen molar-refractivity contribution in [3.05, 3.63) is 59.7 Å². The lowest BCUT2D eigenvalue weighted by atomic mass is 9.99. The molecule has 0 bridgehead atoms. The summed E-state index contributed by atoms with van der Waals surface area (Å²) in [7, 11) is 1.15. The number of ether oxygens (including phenoxy) is 1. The van der Waals surface area contributed by atoms with E-state index in [1.807, 2.05) is 11.8 Å². The van der Waals surface area contributed by atoms with Gasteiger partial charge >= 0.3 is 12.2 Å². The van der Waals surface area contributed by atoms with E-state index >= 15 is 0 Å². The summed E-state index contributed by atoms with van der Waals surface area (Å²) in [6, 6.07) is 8.59. The second kappa shape index (κ2) is 9.10. The molecule has 4 aromatic rings. The van der Waals surface area contributed by atoms with Crippen LogP contribution in [0.15, 0.2) is 42.7 Å². The molecule has 2 amide bonds. The molecule has 1 aliphatic heterocycles. The lowest BCUT2D eigenvalue weighted by Crippen LogP contribution is -2.43. The van der Waals surface area contributed by atoms with Crippen LogP contribution in [0.4, 0.5) is 23.8 Å². The summed E-state index contributed by atoms with van der Waals surface area (Å²) in [5.74, 6) is 0.332. The number of hydrogen-bond acceptors (Lipinski definition) is 6. The Balaban J connectivity index is 1.33. The number of carbonyl (C=O) groups is 2. The van der Waals surface area contributed by atoms with Crippen LogP contribution in [0.2, 0.25) is 0 Å². The van der Waals surface area contributed by atoms with E-state index in [2.05, 4.69) is 20.4 Å². The molecule has 1 atom stereocenters. The molecule has 0 spiro atoms. The summed E-state index contributed by atoms with van der Waals surface area (Å²) in [6.07, 6.45) is -0.972. The zero-order valence-corrected chi connectivity index (χ0v) is 21.1. The highest BCUT2D eigenvalue weighted by Crippen LogP contribution is 2.37. The molecule has 0 saturated heterocycles. The maximum absolute atomic E-state index is 13.4. The van der Waals surface area contributed by atoms with E-state index < -0.39 is 17.9 Å². The van der Waals surface area contributed by atoms with Gasteiger partial charge in [-0.05, 0) is 32.3 Å². The Morgan fingerprint density at radius 2 is 1.90 bits per heavy atom. The average Bonchev–Trinajstić information content (AvgIpc) is 3.57. The summed E-state index contributed by atoms with van der Waals surface area (Å²) >= 11 is 0. The fourth-order valence-electron chi connectivity index (χ4n) is 4.91. The van der Waals surface area contributed by atoms with E-state index in [9.17, 15) is 22.8 Å². The molecule has 1 fully saturated rings. The molecule has 1 aliphatic carbocycles. The number of amides is 2. The molecule has 0 unspecified atom stereocenters. The minimum atomic E-state index is -4.62. The van der Waals surface area contributed by atoms with Crippen molar-refractivity contribution in [2.45, 2.75) is 44.9 Å². The molecule has 1 aromatic carbocycles. The summed E-state index contributed by atoms with van der Waals surface area (Å²) < 4.78 is 47.8. The minimum absolute atomic E-state index is 0.0832. The third-order valence-corrected chi connectivity index (χ3v) is 7.04. The molecular formula is C26H24F3N7O3. The molecule has 202 valence electrons. The summed E-state index contributed by atoms with van der Waals surface area (Å²) in [4.78, 5) is 36.6. The smallest absolute Gasteiger partial charge is 0.422 e. The average molecular weight is 540 g/mol. The van der Waals surface area contributed by atoms with E-state index in [0.29, 0.717) is 34.2 Å². The van der Waals surface area contributed by atoms with Gasteiger partial charge in [-0.25, -0.2) is 19.3 Å². The van der Waals surface area contributed by atoms with Crippen LogP contribution in [0, 0.1) is 5.92 Å². The largest absolute Gasteiger partial charge is 0.433 e. The number of aromatic nitrogens is 5. The Labute approximate surface area is 220 Å². The number of carbonyl (C=O) groups excluding carboxylic acids is 2. The maximum Gasteiger partial charge on any atom is 0.433 e. The first kappa shape index (κ1) is 24.9. The molecular weight excluding hydrogens is 515 g/mol. The van der Waals surface area contributed by atoms with Crippen LogP contribution < -0.4 is 10.1 Å². The first-order valence-electron chi connectivity index (χ1n) is 12.4. The SMILES string of the molecule is C[C@H]1Cc2c(ncnc2Oc2cc3ccccc3n2C(=O)Nc2cc(C(F)(F)F)n(C)n2)CN1C(=O)C1CC1. The van der Waals surface area contributed by atoms with Crippen LogP contribution in [-0.2, 0) is 31.0 Å². The van der Waals surface area contributed by atoms with E-state index in [1.165, 1.54) is 10.9 Å². The van der Waals surface area contributed by atoms with Crippen molar-refractivity contribution >= 4 is 28.7 Å². The van der Waals surface area contributed by atoms with Gasteiger partial charge in [0, 0.05) is 42.1 Å². The second-order valence-corrected chi connectivity index (χ2v) is 9.84. The number of nitrogens with one attached hydrogen (secondary N) is 1. The first-order valence-corrected chi connectivity index (χ1v) is 12.4. The normalized spacial score (nSPS) is 17.3. The van der Waals surface area contributed by atoms with Crippen molar-refractivity contribution in [3.8, 4) is 11.8 Å². The van der Waals surface area contributed by atoms with Crippen molar-refractivity contribution in [1.82, 2.24) is 29.2 Å². The van der Waals surface area contributed by atoms with Crippen LogP contribution in [-0.4, -0.2) is 47.2 Å². The molecule has 13 heteroatoms. The Kier molecular flexibility index (Phi) is 5.81. The number of rotatable bonds is 4. The number of alkyl halides is 3. The topological polar surface area (TPSA) is 107 Å². The van der Waals surface area contributed by atoms with Crippen LogP contribution in [0.25, 0.3) is 10.9 Å². The fourth-order valence-corrected chi connectivity index (χ4v) is 4.91. The van der Waals surface area contributed by atoms with Crippen molar-refractivity contribution < 1.29 is 27.5 Å². The number of benzene rings is 1. The van der Waals surface area contributed by atoms with Gasteiger partial charge in [0.15, 0.2) is 5.82 Å². The molecule has 10 nitrogen and oxygen atoms in total. The number of nitrogens with zero attached hydrogens (tertiary/aromatic N) is 6. The molecule has 6 rings (SSSR count). The van der Waals surface area contributed by atoms with Gasteiger partial charge < -0.3 is 9.64 Å². The lowest BCUT2D eigenvalue weighted by molar-refractivity contribution is -0.143. The third-order valence-electron chi connectivity index (χ3n) is 7.04. The summed E-state index contributed by atoms with van der Waals surface area (Å²) in [6.45, 7) is 2.31. The van der Waals surface area contributed by atoms with Crippen molar-refractivity contribution in [1.29, 1.82) is 0 Å². The predicted molar refractivity (Wildman–Crippen MR) is 133 cm³/mol. The van der Waals surface area contributed by atoms with Gasteiger partial charge in [-0.3, -0.25) is 14.8 Å². The Hall–Kier alpha value is -4.42. The molecule has 4 heterocycles. The Morgan fingerprint density at radius 1 is 1.13 bits per heavy atom. The molecule has 3 aromatic heterocycles. The highest BCUT2D eigenvalue weighted by Gasteiger charge is 2.39. The Bertz CT molecular complexity index is 1610. The maximum atomic E-state index is 13.4. The third kappa shape index (κ3) is 4.57. The van der Waals surface area contributed by atoms with E-state index in [4.69, 9.17) is 4.74 Å². The van der Waals surface area contributed by atoms with Gasteiger partial charge in [0.2, 0.25) is 17.7 Å². The van der Waals surface area contributed by atoms with Gasteiger partial charge in [-0.15, -0.1) is 0 Å². The fraction of sp³-hybridized carbons (Fsp3) is 0.346. The highest BCUT2D eigenvalue weighted by molar-refractivity contribution is 6.00. The standard InChI is InChI=1S/C26H24F3N7O3/c1-14-9-17-18(12-35(14)24(37)15-7-8-15)30-13-31-23(17)39-22-10-16-5-3-4-6-19(16)36(22)25(38)32-21-11-20(26(27,28)29)34(2)33-21/h3-6,10-11,13-15H,7-9,12H2,1-2H3,(H,32,33,38)/t14-/m0/s1. The van der Waals surface area contributed by atoms with Crippen molar-refractivity contribution in [2.24, 2.45) is 13.0 Å². The molecule has 1 N–H and O–H groups in total. The van der Waals surface area contributed by atoms with Crippen LogP contribution in [0.1, 0.15) is 36.7 Å². The van der Waals surface area contributed by atoms with Crippen molar-refractivity contribution in [2.75, 3.05) is 5.32 Å². The van der Waals surface area contributed by atoms with Crippen molar-refractivity contribution in [3.63, 3.8) is 0 Å². The zero-order chi connectivity index (χ0) is 27.5. The molecule has 39 heavy (non-hydrogen) atoms. The van der Waals surface area contributed by atoms with Gasteiger partial charge in [0.25, 0.3) is 0 Å². The Morgan fingerprint density at radius 3 is 2.62 bits per heavy atom. The van der Waals surface area contributed by atoms with E-state index in [0.717, 1.165) is 31.5 Å². The number of halogens is 3. The van der Waals surface area contributed by atoms with Gasteiger partial charge in [0.05, 0.1) is 17.8 Å². The summed E-state index contributed by atoms with van der Waals surface area (Å²) in [5, 5.41) is 6.90. The quantitative estimate of drug-likeness (QED) is 0.402. The number of anilines is 1. The summed E-state index contributed by atoms with van der Waals surface area (Å²) in [5.41, 5.74) is 0.894. The van der Waals surface area contributed by atoms with E-state index in [1.54, 1.807) is 30.3 Å². The van der Waals surface area contributed by atoms with Crippen LogP contribution in [0.3, 0.4) is 0 Å². The number of hydrogen-bond donors (Lipinski definition) is 1. The van der Waals surface area contributed by atoms with Gasteiger partial charge in [-0.2, -0.15) is 18.3 Å². The first-order chi connectivity index (χ1) is 18.6. The van der Waals surface area contributed by atoms with Crippen LogP contribution in [0.5, 0.6) is 11.8 Å². The second-order valence-electron chi connectivity index (χ2n) is 9.84. The molecule has 0 radical (unpaired) electrons. The minimum Gasteiger partial charge on any atom is -0.422 e. The van der Waals surface area contributed by atoms with Crippen LogP contribution >= 0.6 is 0 Å². The zero-order valence-electron chi connectivity index (χ0n) is 21.1. The van der Waals surface area contributed by atoms with Gasteiger partial charge in [0.1, 0.15) is 12.0 Å². The number of fused-ring (bicyclic) bond motifs is 2. The number of para-hydroxylation sites is 1. The molecule has 1 saturated carbocycles. The highest BCUT2D eigenvalue weighted by atomic mass is 19.4. The van der Waals surface area contributed by atoms with Gasteiger partial charge in [-0.1, -0.05) is 18.2 Å². The molecule has 2 aliphatic rings. The monoisotopic (exact) mass is 539 g/mol. The number of aryl methyl sites for hydroxylation is 1. The lowest BCUT2D eigenvalue weighted by Gasteiger charge is -2.34.